The van der Waals surface area contributed by atoms with Crippen LogP contribution in [0.1, 0.15) is 17.2 Å². The molecule has 0 aliphatic carbocycles. The summed E-state index contributed by atoms with van der Waals surface area (Å²) in [5.74, 6) is 4.02. The van der Waals surface area contributed by atoms with E-state index < -0.39 is 17.7 Å². The summed E-state index contributed by atoms with van der Waals surface area (Å²) in [6.45, 7) is 0. The van der Waals surface area contributed by atoms with E-state index in [4.69, 9.17) is 5.84 Å². The van der Waals surface area contributed by atoms with Gasteiger partial charge in [-0.3, -0.25) is 5.84 Å². The molecule has 4 nitrogen and oxygen atoms in total. The summed E-state index contributed by atoms with van der Waals surface area (Å²) in [6.07, 6.45) is 2.83. The molecule has 0 bridgehead atoms. The Hall–Kier alpha value is -1.92. The van der Waals surface area contributed by atoms with Gasteiger partial charge in [-0.2, -0.15) is 10.2 Å². The molecule has 2 aromatic rings. The van der Waals surface area contributed by atoms with E-state index >= 15 is 0 Å². The van der Waals surface area contributed by atoms with Gasteiger partial charge in [-0.15, -0.1) is 0 Å². The molecule has 88 valence electrons. The quantitative estimate of drug-likeness (QED) is 0.623. The lowest BCUT2D eigenvalue weighted by Gasteiger charge is -2.17. The molecule has 3 N–H and O–H groups in total. The van der Waals surface area contributed by atoms with Crippen molar-refractivity contribution in [3.63, 3.8) is 0 Å². The van der Waals surface area contributed by atoms with Crippen molar-refractivity contribution >= 4 is 0 Å². The Morgan fingerprint density at radius 3 is 2.35 bits per heavy atom. The molecule has 1 aromatic carbocycles. The van der Waals surface area contributed by atoms with Gasteiger partial charge in [0.25, 0.3) is 0 Å². The Morgan fingerprint density at radius 2 is 1.82 bits per heavy atom. The Bertz CT molecular complexity index is 484. The first kappa shape index (κ1) is 11.6. The van der Waals surface area contributed by atoms with Crippen LogP contribution in [0.3, 0.4) is 0 Å². The van der Waals surface area contributed by atoms with Crippen LogP contribution in [0, 0.1) is 11.6 Å². The average molecular weight is 236 g/mol. The van der Waals surface area contributed by atoms with E-state index in [0.717, 1.165) is 0 Å². The minimum atomic E-state index is -0.799. The Labute approximate surface area is 96.5 Å². The van der Waals surface area contributed by atoms with E-state index in [1.807, 2.05) is 0 Å². The molecule has 0 fully saturated rings. The number of hydrogen-bond donors (Lipinski definition) is 2. The molecule has 0 saturated heterocycles. The maximum Gasteiger partial charge on any atom is 0.131 e. The fourth-order valence-electron chi connectivity index (χ4n) is 1.60. The van der Waals surface area contributed by atoms with E-state index in [1.54, 1.807) is 6.07 Å². The van der Waals surface area contributed by atoms with Crippen LogP contribution < -0.4 is 11.3 Å². The summed E-state index contributed by atoms with van der Waals surface area (Å²) in [5, 5.41) is 7.24. The van der Waals surface area contributed by atoms with Crippen LogP contribution in [-0.4, -0.2) is 10.2 Å². The number of aromatic nitrogens is 2. The van der Waals surface area contributed by atoms with Crippen molar-refractivity contribution in [2.75, 3.05) is 0 Å². The maximum atomic E-state index is 13.6. The molecule has 1 heterocycles. The lowest BCUT2D eigenvalue weighted by Crippen LogP contribution is -2.30. The van der Waals surface area contributed by atoms with Gasteiger partial charge in [-0.1, -0.05) is 6.07 Å². The zero-order valence-electron chi connectivity index (χ0n) is 8.77. The summed E-state index contributed by atoms with van der Waals surface area (Å²) < 4.78 is 27.2. The predicted octanol–water partition coefficient (Wildman–Crippen LogP) is 1.31. The van der Waals surface area contributed by atoms with Crippen LogP contribution in [0.4, 0.5) is 8.78 Å². The van der Waals surface area contributed by atoms with E-state index in [2.05, 4.69) is 15.6 Å². The molecular weight excluding hydrogens is 226 g/mol. The van der Waals surface area contributed by atoms with Crippen molar-refractivity contribution < 1.29 is 8.78 Å². The number of nitrogens with one attached hydrogen (secondary N) is 1. The maximum absolute atomic E-state index is 13.6. The molecule has 0 radical (unpaired) electrons. The number of rotatable bonds is 3. The van der Waals surface area contributed by atoms with Crippen LogP contribution in [0.15, 0.2) is 36.7 Å². The molecule has 0 saturated carbocycles. The van der Waals surface area contributed by atoms with Crippen molar-refractivity contribution in [3.05, 3.63) is 59.4 Å². The van der Waals surface area contributed by atoms with Crippen LogP contribution >= 0.6 is 0 Å². The minimum Gasteiger partial charge on any atom is -0.271 e. The van der Waals surface area contributed by atoms with Crippen molar-refractivity contribution in [2.24, 2.45) is 5.84 Å². The van der Waals surface area contributed by atoms with Crippen LogP contribution in [0.2, 0.25) is 0 Å². The number of hydrogen-bond acceptors (Lipinski definition) is 4. The molecule has 0 aliphatic rings. The second-order valence-electron chi connectivity index (χ2n) is 3.41. The molecule has 6 heteroatoms. The SMILES string of the molecule is NNC(c1ccnnc1)c1c(F)cccc1F. The lowest BCUT2D eigenvalue weighted by molar-refractivity contribution is 0.509. The zero-order chi connectivity index (χ0) is 12.3. The van der Waals surface area contributed by atoms with Crippen molar-refractivity contribution in [1.29, 1.82) is 0 Å². The van der Waals surface area contributed by atoms with Gasteiger partial charge in [0.1, 0.15) is 11.6 Å². The molecule has 2 rings (SSSR count). The molecular formula is C11H10F2N4. The minimum absolute atomic E-state index is 0.136. The standard InChI is InChI=1S/C11H10F2N4/c12-8-2-1-3-9(13)10(8)11(17-14)7-4-5-15-16-6-7/h1-6,11,17H,14H2. The summed E-state index contributed by atoms with van der Waals surface area (Å²) in [4.78, 5) is 0. The Balaban J connectivity index is 2.50. The number of halogens is 2. The number of nitrogens with two attached hydrogens (primary N) is 1. The van der Waals surface area contributed by atoms with Crippen molar-refractivity contribution in [2.45, 2.75) is 6.04 Å². The summed E-state index contributed by atoms with van der Waals surface area (Å²) >= 11 is 0. The van der Waals surface area contributed by atoms with E-state index in [9.17, 15) is 8.78 Å². The fraction of sp³-hybridized carbons (Fsp3) is 0.0909. The highest BCUT2D eigenvalue weighted by molar-refractivity contribution is 5.31. The lowest BCUT2D eigenvalue weighted by atomic mass is 10.00. The first-order chi connectivity index (χ1) is 8.24. The second-order valence-corrected chi connectivity index (χ2v) is 3.41. The largest absolute Gasteiger partial charge is 0.271 e. The van der Waals surface area contributed by atoms with E-state index in [1.165, 1.54) is 30.6 Å². The van der Waals surface area contributed by atoms with Gasteiger partial charge in [0, 0.05) is 11.8 Å². The predicted molar refractivity (Wildman–Crippen MR) is 57.6 cm³/mol. The molecule has 0 amide bonds. The van der Waals surface area contributed by atoms with Crippen molar-refractivity contribution in [1.82, 2.24) is 15.6 Å². The van der Waals surface area contributed by atoms with Gasteiger partial charge in [0.2, 0.25) is 0 Å². The highest BCUT2D eigenvalue weighted by Crippen LogP contribution is 2.25. The van der Waals surface area contributed by atoms with Gasteiger partial charge in [-0.25, -0.2) is 14.2 Å². The summed E-state index contributed by atoms with van der Waals surface area (Å²) in [7, 11) is 0. The van der Waals surface area contributed by atoms with Gasteiger partial charge >= 0.3 is 0 Å². The molecule has 1 aromatic heterocycles. The normalized spacial score (nSPS) is 12.4. The molecule has 17 heavy (non-hydrogen) atoms. The van der Waals surface area contributed by atoms with E-state index in [0.29, 0.717) is 5.56 Å². The fourth-order valence-corrected chi connectivity index (χ4v) is 1.60. The highest BCUT2D eigenvalue weighted by atomic mass is 19.1. The monoisotopic (exact) mass is 236 g/mol. The van der Waals surface area contributed by atoms with Crippen LogP contribution in [0.25, 0.3) is 0 Å². The second kappa shape index (κ2) is 4.94. The number of nitrogens with zero attached hydrogens (tertiary/aromatic N) is 2. The van der Waals surface area contributed by atoms with Crippen molar-refractivity contribution in [3.8, 4) is 0 Å². The Morgan fingerprint density at radius 1 is 1.12 bits per heavy atom. The zero-order valence-corrected chi connectivity index (χ0v) is 8.77. The van der Waals surface area contributed by atoms with E-state index in [-0.39, 0.29) is 5.56 Å². The first-order valence-electron chi connectivity index (χ1n) is 4.90. The first-order valence-corrected chi connectivity index (χ1v) is 4.90. The van der Waals surface area contributed by atoms with Gasteiger partial charge in [0.05, 0.1) is 12.2 Å². The third-order valence-corrected chi connectivity index (χ3v) is 2.40. The smallest absolute Gasteiger partial charge is 0.131 e. The number of hydrazine groups is 1. The molecule has 1 unspecified atom stereocenters. The molecule has 0 spiro atoms. The third-order valence-electron chi connectivity index (χ3n) is 2.40. The third kappa shape index (κ3) is 2.27. The summed E-state index contributed by atoms with van der Waals surface area (Å²) in [5.41, 5.74) is 2.77. The molecule has 0 aliphatic heterocycles. The topological polar surface area (TPSA) is 63.8 Å². The van der Waals surface area contributed by atoms with Gasteiger partial charge in [0.15, 0.2) is 0 Å². The number of benzene rings is 1. The van der Waals surface area contributed by atoms with Crippen LogP contribution in [0.5, 0.6) is 0 Å². The Kier molecular flexibility index (Phi) is 3.36. The molecule has 1 atom stereocenters. The van der Waals surface area contributed by atoms with Gasteiger partial charge in [-0.05, 0) is 23.8 Å². The average Bonchev–Trinajstić information content (AvgIpc) is 2.35. The highest BCUT2D eigenvalue weighted by Gasteiger charge is 2.20. The van der Waals surface area contributed by atoms with Gasteiger partial charge < -0.3 is 0 Å². The van der Waals surface area contributed by atoms with Crippen LogP contribution in [-0.2, 0) is 0 Å². The summed E-state index contributed by atoms with van der Waals surface area (Å²) in [6, 6.07) is 4.44.